The summed E-state index contributed by atoms with van der Waals surface area (Å²) in [7, 11) is 0. The first-order chi connectivity index (χ1) is 8.44. The van der Waals surface area contributed by atoms with E-state index in [4.69, 9.17) is 4.74 Å². The third-order valence-corrected chi connectivity index (χ3v) is 6.96. The molecule has 4 rings (SSSR count). The predicted molar refractivity (Wildman–Crippen MR) is 66.8 cm³/mol. The van der Waals surface area contributed by atoms with Crippen LogP contribution in [0.4, 0.5) is 0 Å². The highest BCUT2D eigenvalue weighted by atomic mass is 16.6. The van der Waals surface area contributed by atoms with Gasteiger partial charge >= 0.3 is 0 Å². The first-order valence-electron chi connectivity index (χ1n) is 7.44. The van der Waals surface area contributed by atoms with Gasteiger partial charge in [0.15, 0.2) is 0 Å². The molecule has 18 heavy (non-hydrogen) atoms. The highest BCUT2D eigenvalue weighted by Crippen LogP contribution is 2.76. The molecule has 3 aliphatic carbocycles. The number of hydrogen-bond acceptors (Lipinski definition) is 3. The normalized spacial score (nSPS) is 65.0. The smallest absolute Gasteiger partial charge is 0.103 e. The molecule has 2 N–H and O–H groups in total. The molecule has 3 nitrogen and oxygen atoms in total. The van der Waals surface area contributed by atoms with Crippen molar-refractivity contribution in [2.24, 2.45) is 35.0 Å². The highest BCUT2D eigenvalue weighted by molar-refractivity contribution is 5.30. The summed E-state index contributed by atoms with van der Waals surface area (Å²) in [4.78, 5) is 0. The second-order valence-corrected chi connectivity index (χ2v) is 7.65. The Balaban J connectivity index is 1.83. The van der Waals surface area contributed by atoms with Gasteiger partial charge in [-0.05, 0) is 36.5 Å². The third-order valence-electron chi connectivity index (χ3n) is 6.96. The summed E-state index contributed by atoms with van der Waals surface area (Å²) in [6.45, 7) is 7.66. The maximum atomic E-state index is 10.4. The van der Waals surface area contributed by atoms with Crippen molar-refractivity contribution in [1.82, 2.24) is 0 Å². The summed E-state index contributed by atoms with van der Waals surface area (Å²) in [6, 6.07) is 0. The van der Waals surface area contributed by atoms with E-state index in [9.17, 15) is 10.2 Å². The molecule has 1 spiro atoms. The summed E-state index contributed by atoms with van der Waals surface area (Å²) >= 11 is 0. The summed E-state index contributed by atoms with van der Waals surface area (Å²) < 4.78 is 5.88. The third kappa shape index (κ3) is 0.981. The fourth-order valence-electron chi connectivity index (χ4n) is 6.10. The van der Waals surface area contributed by atoms with Gasteiger partial charge in [0.2, 0.25) is 0 Å². The van der Waals surface area contributed by atoms with E-state index in [0.29, 0.717) is 17.8 Å². The van der Waals surface area contributed by atoms with Crippen LogP contribution in [0.5, 0.6) is 0 Å². The lowest BCUT2D eigenvalue weighted by Crippen LogP contribution is -2.53. The van der Waals surface area contributed by atoms with E-state index in [1.54, 1.807) is 0 Å². The lowest BCUT2D eigenvalue weighted by atomic mass is 9.59. The zero-order chi connectivity index (χ0) is 12.9. The number of rotatable bonds is 1. The molecular formula is C15H24O3. The molecule has 3 heteroatoms. The average molecular weight is 252 g/mol. The largest absolute Gasteiger partial charge is 0.390 e. The van der Waals surface area contributed by atoms with E-state index >= 15 is 0 Å². The lowest BCUT2D eigenvalue weighted by Gasteiger charge is -2.47. The lowest BCUT2D eigenvalue weighted by molar-refractivity contribution is -0.107. The van der Waals surface area contributed by atoms with Crippen LogP contribution in [0.15, 0.2) is 0 Å². The van der Waals surface area contributed by atoms with Gasteiger partial charge in [0, 0.05) is 11.3 Å². The van der Waals surface area contributed by atoms with E-state index in [1.807, 2.05) is 0 Å². The number of ether oxygens (including phenoxy) is 1. The molecule has 4 fully saturated rings. The molecule has 102 valence electrons. The van der Waals surface area contributed by atoms with Gasteiger partial charge in [-0.15, -0.1) is 0 Å². The van der Waals surface area contributed by atoms with Crippen LogP contribution in [0, 0.1) is 35.0 Å². The van der Waals surface area contributed by atoms with Crippen LogP contribution in [0.1, 0.15) is 33.6 Å². The van der Waals surface area contributed by atoms with Crippen molar-refractivity contribution in [3.05, 3.63) is 0 Å². The number of aliphatic hydroxyl groups excluding tert-OH is 2. The SMILES string of the molecule is CC(C)[C@H]1CC[C@]2(C)[C@H]3[C@@H](O)[C@@H](O)[C@H]([C@H]31)[C@@]21CO1. The number of fused-ring (bicyclic) bond motifs is 2. The number of aliphatic hydroxyl groups is 2. The van der Waals surface area contributed by atoms with Gasteiger partial charge < -0.3 is 14.9 Å². The second-order valence-electron chi connectivity index (χ2n) is 7.65. The van der Waals surface area contributed by atoms with Crippen molar-refractivity contribution in [3.63, 3.8) is 0 Å². The van der Waals surface area contributed by atoms with Crippen LogP contribution in [0.2, 0.25) is 0 Å². The Morgan fingerprint density at radius 3 is 2.33 bits per heavy atom. The zero-order valence-electron chi connectivity index (χ0n) is 11.5. The molecule has 3 saturated carbocycles. The molecule has 0 unspecified atom stereocenters. The molecule has 1 saturated heterocycles. The molecule has 8 atom stereocenters. The molecule has 1 aliphatic heterocycles. The standard InChI is InChI=1S/C15H24O3/c1-7(2)8-4-5-14(3)10-9(8)11(13(17)12(10)16)15(14)6-18-15/h7-13,16-17H,4-6H2,1-3H3/t8-,9+,10-,11+,12-,13+,14-,15+/m1/s1. The van der Waals surface area contributed by atoms with Crippen LogP contribution in [0.3, 0.4) is 0 Å². The Morgan fingerprint density at radius 2 is 1.78 bits per heavy atom. The molecule has 0 amide bonds. The maximum Gasteiger partial charge on any atom is 0.103 e. The van der Waals surface area contributed by atoms with Crippen LogP contribution >= 0.6 is 0 Å². The van der Waals surface area contributed by atoms with Crippen LogP contribution < -0.4 is 0 Å². The summed E-state index contributed by atoms with van der Waals surface area (Å²) in [5.74, 6) is 2.18. The van der Waals surface area contributed by atoms with Gasteiger partial charge in [-0.25, -0.2) is 0 Å². The minimum atomic E-state index is -0.560. The van der Waals surface area contributed by atoms with E-state index in [2.05, 4.69) is 20.8 Å². The van der Waals surface area contributed by atoms with Gasteiger partial charge in [0.05, 0.1) is 18.8 Å². The number of epoxide rings is 1. The predicted octanol–water partition coefficient (Wildman–Crippen LogP) is 1.43. The Bertz CT molecular complexity index is 379. The first-order valence-corrected chi connectivity index (χ1v) is 7.44. The first kappa shape index (κ1) is 11.7. The van der Waals surface area contributed by atoms with E-state index in [1.165, 1.54) is 6.42 Å². The Morgan fingerprint density at radius 1 is 1.17 bits per heavy atom. The van der Waals surface area contributed by atoms with Crippen molar-refractivity contribution >= 4 is 0 Å². The van der Waals surface area contributed by atoms with Crippen molar-refractivity contribution in [3.8, 4) is 0 Å². The van der Waals surface area contributed by atoms with E-state index in [0.717, 1.165) is 13.0 Å². The maximum absolute atomic E-state index is 10.4. The average Bonchev–Trinajstić information content (AvgIpc) is 3.02. The fraction of sp³-hybridized carbons (Fsp3) is 1.00. The van der Waals surface area contributed by atoms with Crippen LogP contribution in [-0.4, -0.2) is 34.6 Å². The second kappa shape index (κ2) is 3.13. The minimum Gasteiger partial charge on any atom is -0.390 e. The zero-order valence-corrected chi connectivity index (χ0v) is 11.5. The summed E-state index contributed by atoms with van der Waals surface area (Å²) in [6.07, 6.45) is 1.30. The van der Waals surface area contributed by atoms with Crippen molar-refractivity contribution in [2.75, 3.05) is 6.61 Å². The van der Waals surface area contributed by atoms with Gasteiger partial charge in [-0.1, -0.05) is 20.8 Å². The summed E-state index contributed by atoms with van der Waals surface area (Å²) in [5.41, 5.74) is 0.0109. The molecule has 0 aromatic rings. The van der Waals surface area contributed by atoms with Crippen molar-refractivity contribution in [1.29, 1.82) is 0 Å². The van der Waals surface area contributed by atoms with Crippen molar-refractivity contribution < 1.29 is 14.9 Å². The highest BCUT2D eigenvalue weighted by Gasteiger charge is 2.82. The fourth-order valence-corrected chi connectivity index (χ4v) is 6.10. The monoisotopic (exact) mass is 252 g/mol. The van der Waals surface area contributed by atoms with Gasteiger partial charge in [-0.2, -0.15) is 0 Å². The molecule has 0 aromatic heterocycles. The molecular weight excluding hydrogens is 228 g/mol. The van der Waals surface area contributed by atoms with E-state index in [-0.39, 0.29) is 22.9 Å². The Kier molecular flexibility index (Phi) is 2.03. The Hall–Kier alpha value is -0.120. The van der Waals surface area contributed by atoms with Gasteiger partial charge in [0.25, 0.3) is 0 Å². The number of hydrogen-bond donors (Lipinski definition) is 2. The van der Waals surface area contributed by atoms with E-state index < -0.39 is 12.2 Å². The molecule has 0 aromatic carbocycles. The van der Waals surface area contributed by atoms with Crippen LogP contribution in [0.25, 0.3) is 0 Å². The quantitative estimate of drug-likeness (QED) is 0.694. The van der Waals surface area contributed by atoms with Gasteiger partial charge in [0.1, 0.15) is 5.60 Å². The molecule has 1 heterocycles. The molecule has 4 aliphatic rings. The Labute approximate surface area is 109 Å². The minimum absolute atomic E-state index is 0.0926. The van der Waals surface area contributed by atoms with Crippen LogP contribution in [-0.2, 0) is 4.74 Å². The molecule has 4 bridgehead atoms. The van der Waals surface area contributed by atoms with Gasteiger partial charge in [-0.3, -0.25) is 0 Å². The topological polar surface area (TPSA) is 53.0 Å². The molecule has 0 radical (unpaired) electrons. The van der Waals surface area contributed by atoms with Crippen molar-refractivity contribution in [2.45, 2.75) is 51.4 Å². The summed E-state index contributed by atoms with van der Waals surface area (Å²) in [5, 5.41) is 20.8.